The lowest BCUT2D eigenvalue weighted by molar-refractivity contribution is -0.525. The van der Waals surface area contributed by atoms with Crippen molar-refractivity contribution in [1.82, 2.24) is 21.4 Å². The van der Waals surface area contributed by atoms with Crippen LogP contribution in [0.4, 0.5) is 0 Å². The maximum Gasteiger partial charge on any atom is 0.475 e. The van der Waals surface area contributed by atoms with Gasteiger partial charge in [0.25, 0.3) is 5.96 Å². The number of ether oxygens (including phenoxy) is 2. The molecule has 7 N–H and O–H groups in total. The molecule has 0 bridgehead atoms. The second kappa shape index (κ2) is 16.2. The Labute approximate surface area is 181 Å². The molecule has 0 aromatic heterocycles. The number of nitrogens with zero attached hydrogens (tertiary/aromatic N) is 1. The van der Waals surface area contributed by atoms with Gasteiger partial charge in [0.05, 0.1) is 19.2 Å². The fourth-order valence-electron chi connectivity index (χ4n) is 2.51. The normalized spacial score (nSPS) is 12.6. The number of guanidine groups is 1. The molecule has 0 aromatic rings. The molecule has 0 spiro atoms. The summed E-state index contributed by atoms with van der Waals surface area (Å²) in [6.07, 6.45) is 0.723. The maximum atomic E-state index is 12.7. The first kappa shape index (κ1) is 28.5. The van der Waals surface area contributed by atoms with Crippen LogP contribution in [-0.4, -0.2) is 85.4 Å². The van der Waals surface area contributed by atoms with E-state index >= 15 is 0 Å². The summed E-state index contributed by atoms with van der Waals surface area (Å²) in [5, 5.41) is 43.3. The minimum atomic E-state index is -1.77. The molecule has 15 heteroatoms. The highest BCUT2D eigenvalue weighted by atomic mass is 16.7. The van der Waals surface area contributed by atoms with Crippen LogP contribution in [-0.2, 0) is 19.1 Å². The average Bonchev–Trinajstić information content (AvgIpc) is 2.66. The molecule has 0 aliphatic heterocycles. The molecule has 0 saturated carbocycles. The molecule has 31 heavy (non-hydrogen) atoms. The summed E-state index contributed by atoms with van der Waals surface area (Å²) in [5.41, 5.74) is 1.64. The van der Waals surface area contributed by atoms with Gasteiger partial charge in [-0.3, -0.25) is 15.0 Å². The summed E-state index contributed by atoms with van der Waals surface area (Å²) in [6.45, 7) is 4.06. The highest BCUT2D eigenvalue weighted by molar-refractivity contribution is 6.43. The molecule has 0 aliphatic carbocycles. The number of carbonyl (C=O) groups is 2. The number of amides is 2. The van der Waals surface area contributed by atoms with Crippen LogP contribution in [0.3, 0.4) is 0 Å². The van der Waals surface area contributed by atoms with Gasteiger partial charge in [0, 0.05) is 13.7 Å². The van der Waals surface area contributed by atoms with Crippen molar-refractivity contribution >= 4 is 24.9 Å². The topological polar surface area (TPSA) is 208 Å². The molecule has 2 atom stereocenters. The Balaban J connectivity index is 4.86. The minimum absolute atomic E-state index is 0.0821. The van der Waals surface area contributed by atoms with Crippen molar-refractivity contribution in [1.29, 1.82) is 5.41 Å². The SMILES string of the molecule is COCCOCC(=O)N[C@@H](CCCNC(=N)N[N+](=O)[O-])C(=O)N[C@@H](CC(C)C)B(O)O. The zero-order chi connectivity index (χ0) is 23.8. The quantitative estimate of drug-likeness (QED) is 0.0337. The smallest absolute Gasteiger partial charge is 0.426 e. The van der Waals surface area contributed by atoms with Gasteiger partial charge in [-0.05, 0) is 25.2 Å². The average molecular weight is 448 g/mol. The molecule has 14 nitrogen and oxygen atoms in total. The van der Waals surface area contributed by atoms with Crippen LogP contribution < -0.4 is 21.4 Å². The monoisotopic (exact) mass is 448 g/mol. The minimum Gasteiger partial charge on any atom is -0.426 e. The lowest BCUT2D eigenvalue weighted by Gasteiger charge is -2.24. The van der Waals surface area contributed by atoms with Crippen LogP contribution >= 0.6 is 0 Å². The van der Waals surface area contributed by atoms with Gasteiger partial charge in [-0.25, -0.2) is 10.1 Å². The Kier molecular flexibility index (Phi) is 14.9. The van der Waals surface area contributed by atoms with Crippen LogP contribution in [0.2, 0.25) is 0 Å². The molecule has 0 rings (SSSR count). The van der Waals surface area contributed by atoms with Crippen molar-refractivity contribution in [2.75, 3.05) is 33.5 Å². The Morgan fingerprint density at radius 2 is 1.90 bits per heavy atom. The third kappa shape index (κ3) is 15.0. The first-order valence-corrected chi connectivity index (χ1v) is 9.82. The van der Waals surface area contributed by atoms with Crippen LogP contribution in [0.5, 0.6) is 0 Å². The number of nitro groups is 1. The predicted octanol–water partition coefficient (Wildman–Crippen LogP) is -2.24. The van der Waals surface area contributed by atoms with Crippen LogP contribution in [0, 0.1) is 21.4 Å². The van der Waals surface area contributed by atoms with Crippen molar-refractivity contribution in [2.45, 2.75) is 45.1 Å². The number of methoxy groups -OCH3 is 1. The fraction of sp³-hybridized carbons (Fsp3) is 0.812. The van der Waals surface area contributed by atoms with E-state index in [0.29, 0.717) is 13.0 Å². The third-order valence-electron chi connectivity index (χ3n) is 3.90. The molecule has 0 aromatic carbocycles. The molecular formula is C16H33BN6O8. The highest BCUT2D eigenvalue weighted by Gasteiger charge is 2.29. The molecule has 0 fully saturated rings. The summed E-state index contributed by atoms with van der Waals surface area (Å²) >= 11 is 0. The van der Waals surface area contributed by atoms with E-state index in [4.69, 9.17) is 14.9 Å². The molecule has 0 saturated heterocycles. The summed E-state index contributed by atoms with van der Waals surface area (Å²) in [4.78, 5) is 35.0. The molecule has 0 aliphatic rings. The molecular weight excluding hydrogens is 415 g/mol. The first-order chi connectivity index (χ1) is 14.6. The van der Waals surface area contributed by atoms with Crippen LogP contribution in [0.1, 0.15) is 33.1 Å². The van der Waals surface area contributed by atoms with E-state index in [-0.39, 0.29) is 38.5 Å². The molecule has 178 valence electrons. The molecule has 0 unspecified atom stereocenters. The van der Waals surface area contributed by atoms with Crippen molar-refractivity contribution in [3.63, 3.8) is 0 Å². The molecule has 0 radical (unpaired) electrons. The van der Waals surface area contributed by atoms with Gasteiger partial charge in [-0.15, -0.1) is 0 Å². The van der Waals surface area contributed by atoms with E-state index in [2.05, 4.69) is 16.0 Å². The summed E-state index contributed by atoms with van der Waals surface area (Å²) < 4.78 is 9.93. The van der Waals surface area contributed by atoms with Gasteiger partial charge < -0.3 is 35.5 Å². The number of hydrazine groups is 1. The van der Waals surface area contributed by atoms with Crippen LogP contribution in [0.25, 0.3) is 0 Å². The Morgan fingerprint density at radius 1 is 1.23 bits per heavy atom. The number of rotatable bonds is 16. The van der Waals surface area contributed by atoms with E-state index in [0.717, 1.165) is 0 Å². The van der Waals surface area contributed by atoms with E-state index in [9.17, 15) is 29.8 Å². The van der Waals surface area contributed by atoms with Crippen molar-refractivity contribution < 1.29 is 34.1 Å². The second-order valence-electron chi connectivity index (χ2n) is 7.14. The van der Waals surface area contributed by atoms with Crippen molar-refractivity contribution in [2.24, 2.45) is 5.92 Å². The van der Waals surface area contributed by atoms with E-state index in [1.807, 2.05) is 13.8 Å². The third-order valence-corrected chi connectivity index (χ3v) is 3.90. The fourth-order valence-corrected chi connectivity index (χ4v) is 2.51. The predicted molar refractivity (Wildman–Crippen MR) is 111 cm³/mol. The zero-order valence-corrected chi connectivity index (χ0v) is 18.1. The lowest BCUT2D eigenvalue weighted by atomic mass is 9.75. The second-order valence-corrected chi connectivity index (χ2v) is 7.14. The van der Waals surface area contributed by atoms with Crippen molar-refractivity contribution in [3.05, 3.63) is 10.1 Å². The van der Waals surface area contributed by atoms with E-state index < -0.39 is 41.9 Å². The largest absolute Gasteiger partial charge is 0.475 e. The Hall–Kier alpha value is -2.49. The van der Waals surface area contributed by atoms with Gasteiger partial charge in [0.15, 0.2) is 5.03 Å². The van der Waals surface area contributed by atoms with Crippen molar-refractivity contribution in [3.8, 4) is 0 Å². The maximum absolute atomic E-state index is 12.7. The summed E-state index contributed by atoms with van der Waals surface area (Å²) in [5.74, 6) is -2.50. The van der Waals surface area contributed by atoms with E-state index in [1.54, 1.807) is 5.43 Å². The van der Waals surface area contributed by atoms with Gasteiger partial charge in [-0.2, -0.15) is 0 Å². The number of hydrogen-bond acceptors (Lipinski definition) is 9. The van der Waals surface area contributed by atoms with Gasteiger partial charge in [0.2, 0.25) is 11.8 Å². The number of hydrogen-bond donors (Lipinski definition) is 7. The zero-order valence-electron chi connectivity index (χ0n) is 18.1. The van der Waals surface area contributed by atoms with E-state index in [1.165, 1.54) is 7.11 Å². The number of nitrogens with one attached hydrogen (secondary N) is 5. The lowest BCUT2D eigenvalue weighted by Crippen LogP contribution is -2.54. The highest BCUT2D eigenvalue weighted by Crippen LogP contribution is 2.07. The van der Waals surface area contributed by atoms with Gasteiger partial charge in [0.1, 0.15) is 12.6 Å². The Morgan fingerprint density at radius 3 is 2.45 bits per heavy atom. The molecule has 2 amide bonds. The summed E-state index contributed by atoms with van der Waals surface area (Å²) in [6, 6.07) is -1.01. The Bertz CT molecular complexity index is 580. The number of carbonyl (C=O) groups excluding carboxylic acids is 2. The van der Waals surface area contributed by atoms with Gasteiger partial charge >= 0.3 is 7.12 Å². The van der Waals surface area contributed by atoms with Gasteiger partial charge in [-0.1, -0.05) is 19.3 Å². The standard InChI is InChI=1S/C16H33BN6O8/c1-11(2)9-13(17(26)27)21-15(25)12(20-14(24)10-31-8-7-30-3)5-4-6-19-16(18)22-23(28)29/h11-13,26-27H,4-10H2,1-3H3,(H,20,24)(H,21,25)(H3,18,19,22)/t12-,13-/m0/s1. The summed E-state index contributed by atoms with van der Waals surface area (Å²) in [7, 11) is -0.280. The first-order valence-electron chi connectivity index (χ1n) is 9.82. The van der Waals surface area contributed by atoms with Crippen LogP contribution in [0.15, 0.2) is 0 Å². The molecule has 0 heterocycles.